The molecule has 272 valence electrons. The summed E-state index contributed by atoms with van der Waals surface area (Å²) in [6.45, 7) is 4.02. The van der Waals surface area contributed by atoms with Gasteiger partial charge < -0.3 is 31.1 Å². The van der Waals surface area contributed by atoms with Crippen LogP contribution in [0.2, 0.25) is 0 Å². The molecule has 4 aromatic rings. The number of carboxylic acid groups (broad SMARTS) is 1. The maximum Gasteiger partial charge on any atom is 0.404 e. The first kappa shape index (κ1) is 38.6. The maximum atomic E-state index is 13.7. The summed E-state index contributed by atoms with van der Waals surface area (Å²) in [6, 6.07) is 15.2. The van der Waals surface area contributed by atoms with Gasteiger partial charge in [-0.15, -0.1) is 11.3 Å². The number of carbonyl (C=O) groups excluding carboxylic acids is 2. The average Bonchev–Trinajstić information content (AvgIpc) is 3.56. The molecule has 0 unspecified atom stereocenters. The molecule has 0 aliphatic carbocycles. The Bertz CT molecular complexity index is 1840. The van der Waals surface area contributed by atoms with Gasteiger partial charge in [0.2, 0.25) is 15.9 Å². The largest absolute Gasteiger partial charge is 0.497 e. The Morgan fingerprint density at radius 3 is 2.35 bits per heavy atom. The molecule has 0 saturated carbocycles. The minimum atomic E-state index is -3.93. The molecule has 0 fully saturated rings. The van der Waals surface area contributed by atoms with E-state index in [1.165, 1.54) is 18.4 Å². The first-order valence-corrected chi connectivity index (χ1v) is 18.9. The summed E-state index contributed by atoms with van der Waals surface area (Å²) in [7, 11) is -2.42. The number of aromatic nitrogens is 2. The number of nitrogens with one attached hydrogen (secondary N) is 5. The standard InChI is InChI=1S/C35H43N7O7S2/c1-23(2)19-30(40-32(43)25-11-9-24(10-12-25)31-21-50-34(41-31)39-27-8-6-17-36-20-27)33(44)38-28(7-4-5-18-37-35(45)46)22-51(47,48)42-26-13-15-29(49-3)16-14-26/h6,8-17,20-21,23,28,30,37,42H,4-5,7,18-19,22H2,1-3H3,(H,38,44)(H,39,41)(H,40,43)(H,45,46)/t28-,30-/m0/s1. The van der Waals surface area contributed by atoms with E-state index in [0.29, 0.717) is 41.4 Å². The molecule has 0 bridgehead atoms. The van der Waals surface area contributed by atoms with Crippen LogP contribution >= 0.6 is 11.3 Å². The highest BCUT2D eigenvalue weighted by molar-refractivity contribution is 7.92. The van der Waals surface area contributed by atoms with Crippen LogP contribution in [0, 0.1) is 5.92 Å². The Morgan fingerprint density at radius 1 is 0.961 bits per heavy atom. The van der Waals surface area contributed by atoms with E-state index >= 15 is 0 Å². The number of amides is 3. The quantitative estimate of drug-likeness (QED) is 0.0671. The second-order valence-electron chi connectivity index (χ2n) is 12.2. The summed E-state index contributed by atoms with van der Waals surface area (Å²) in [6.07, 6.45) is 3.69. The molecule has 2 heterocycles. The molecule has 2 aromatic carbocycles. The van der Waals surface area contributed by atoms with Crippen LogP contribution < -0.4 is 30.7 Å². The van der Waals surface area contributed by atoms with Crippen molar-refractivity contribution < 1.29 is 32.6 Å². The molecule has 0 spiro atoms. The summed E-state index contributed by atoms with van der Waals surface area (Å²) >= 11 is 1.44. The lowest BCUT2D eigenvalue weighted by atomic mass is 10.0. The first-order valence-electron chi connectivity index (χ1n) is 16.4. The van der Waals surface area contributed by atoms with Crippen molar-refractivity contribution in [3.8, 4) is 17.0 Å². The van der Waals surface area contributed by atoms with Gasteiger partial charge in [0, 0.05) is 41.0 Å². The minimum absolute atomic E-state index is 0.0311. The van der Waals surface area contributed by atoms with Crippen molar-refractivity contribution in [1.29, 1.82) is 0 Å². The van der Waals surface area contributed by atoms with Crippen LogP contribution in [0.1, 0.15) is 49.9 Å². The van der Waals surface area contributed by atoms with Crippen LogP contribution in [0.15, 0.2) is 78.4 Å². The molecular formula is C35H43N7O7S2. The van der Waals surface area contributed by atoms with E-state index in [0.717, 1.165) is 16.9 Å². The van der Waals surface area contributed by atoms with Crippen LogP contribution in [-0.4, -0.2) is 72.9 Å². The number of ether oxygens (including phenoxy) is 1. The number of hydrogen-bond donors (Lipinski definition) is 6. The summed E-state index contributed by atoms with van der Waals surface area (Å²) in [5.74, 6) is -0.807. The molecule has 0 aliphatic heterocycles. The lowest BCUT2D eigenvalue weighted by Gasteiger charge is -2.25. The molecule has 0 saturated heterocycles. The van der Waals surface area contributed by atoms with Crippen LogP contribution in [0.4, 0.5) is 21.3 Å². The van der Waals surface area contributed by atoms with E-state index in [-0.39, 0.29) is 18.9 Å². The SMILES string of the molecule is COc1ccc(NS(=O)(=O)C[C@H](CCCCNC(=O)O)NC(=O)[C@H](CC(C)C)NC(=O)c2ccc(-c3csc(Nc4cccnc4)n3)cc2)cc1. The Kier molecular flexibility index (Phi) is 14.1. The Labute approximate surface area is 301 Å². The molecule has 6 N–H and O–H groups in total. The van der Waals surface area contributed by atoms with Gasteiger partial charge in [-0.2, -0.15) is 0 Å². The summed E-state index contributed by atoms with van der Waals surface area (Å²) in [4.78, 5) is 46.6. The molecule has 3 amide bonds. The normalized spacial score (nSPS) is 12.4. The van der Waals surface area contributed by atoms with Gasteiger partial charge in [-0.1, -0.05) is 26.0 Å². The Morgan fingerprint density at radius 2 is 1.71 bits per heavy atom. The van der Waals surface area contributed by atoms with E-state index in [9.17, 15) is 22.8 Å². The molecule has 4 rings (SSSR count). The summed E-state index contributed by atoms with van der Waals surface area (Å²) in [5.41, 5.74) is 3.04. The number of unbranched alkanes of at least 4 members (excludes halogenated alkanes) is 1. The lowest BCUT2D eigenvalue weighted by molar-refractivity contribution is -0.124. The number of pyridine rings is 1. The van der Waals surface area contributed by atoms with Gasteiger partial charge in [0.25, 0.3) is 5.91 Å². The smallest absolute Gasteiger partial charge is 0.404 e. The summed E-state index contributed by atoms with van der Waals surface area (Å²) in [5, 5.41) is 22.6. The third kappa shape index (κ3) is 12.9. The van der Waals surface area contributed by atoms with Crippen LogP contribution in [-0.2, 0) is 14.8 Å². The summed E-state index contributed by atoms with van der Waals surface area (Å²) < 4.78 is 34.0. The van der Waals surface area contributed by atoms with E-state index in [1.807, 2.05) is 31.4 Å². The number of rotatable bonds is 19. The maximum absolute atomic E-state index is 13.7. The lowest BCUT2D eigenvalue weighted by Crippen LogP contribution is -2.51. The van der Waals surface area contributed by atoms with Crippen molar-refractivity contribution >= 4 is 55.8 Å². The van der Waals surface area contributed by atoms with Crippen molar-refractivity contribution in [2.24, 2.45) is 5.92 Å². The van der Waals surface area contributed by atoms with Gasteiger partial charge in [0.1, 0.15) is 11.8 Å². The van der Waals surface area contributed by atoms with Crippen LogP contribution in [0.25, 0.3) is 11.3 Å². The molecule has 51 heavy (non-hydrogen) atoms. The van der Waals surface area contributed by atoms with Gasteiger partial charge in [0.05, 0.1) is 30.4 Å². The number of sulfonamides is 1. The number of nitrogens with zero attached hydrogens (tertiary/aromatic N) is 2. The van der Waals surface area contributed by atoms with E-state index < -0.39 is 45.8 Å². The highest BCUT2D eigenvalue weighted by atomic mass is 32.2. The predicted octanol–water partition coefficient (Wildman–Crippen LogP) is 5.47. The molecule has 0 aliphatic rings. The van der Waals surface area contributed by atoms with Crippen LogP contribution in [0.5, 0.6) is 5.75 Å². The molecule has 16 heteroatoms. The highest BCUT2D eigenvalue weighted by Crippen LogP contribution is 2.27. The van der Waals surface area contributed by atoms with Gasteiger partial charge in [-0.25, -0.2) is 18.2 Å². The number of anilines is 3. The molecule has 14 nitrogen and oxygen atoms in total. The second kappa shape index (κ2) is 18.7. The zero-order chi connectivity index (χ0) is 36.8. The average molecular weight is 738 g/mol. The topological polar surface area (TPSA) is 201 Å². The van der Waals surface area contributed by atoms with Gasteiger partial charge in [0.15, 0.2) is 5.13 Å². The van der Waals surface area contributed by atoms with Crippen molar-refractivity contribution in [2.75, 3.05) is 29.4 Å². The number of carbonyl (C=O) groups is 3. The van der Waals surface area contributed by atoms with E-state index in [2.05, 4.69) is 36.0 Å². The zero-order valence-corrected chi connectivity index (χ0v) is 30.2. The van der Waals surface area contributed by atoms with E-state index in [4.69, 9.17) is 9.84 Å². The highest BCUT2D eigenvalue weighted by Gasteiger charge is 2.27. The molecule has 0 radical (unpaired) electrons. The van der Waals surface area contributed by atoms with Gasteiger partial charge in [-0.05, 0) is 80.1 Å². The Balaban J connectivity index is 1.42. The molecule has 2 atom stereocenters. The van der Waals surface area contributed by atoms with Crippen molar-refractivity contribution in [3.05, 3.63) is 84.0 Å². The predicted molar refractivity (Wildman–Crippen MR) is 198 cm³/mol. The monoisotopic (exact) mass is 737 g/mol. The fraction of sp³-hybridized carbons (Fsp3) is 0.343. The number of methoxy groups -OCH3 is 1. The van der Waals surface area contributed by atoms with Crippen LogP contribution in [0.3, 0.4) is 0 Å². The van der Waals surface area contributed by atoms with Crippen molar-refractivity contribution in [3.63, 3.8) is 0 Å². The number of benzene rings is 2. The second-order valence-corrected chi connectivity index (χ2v) is 14.8. The fourth-order valence-electron chi connectivity index (χ4n) is 5.12. The fourth-order valence-corrected chi connectivity index (χ4v) is 7.21. The van der Waals surface area contributed by atoms with Gasteiger partial charge >= 0.3 is 6.09 Å². The number of hydrogen-bond acceptors (Lipinski definition) is 10. The zero-order valence-electron chi connectivity index (χ0n) is 28.6. The minimum Gasteiger partial charge on any atom is -0.497 e. The van der Waals surface area contributed by atoms with Crippen molar-refractivity contribution in [2.45, 2.75) is 51.6 Å². The van der Waals surface area contributed by atoms with Crippen molar-refractivity contribution in [1.82, 2.24) is 25.9 Å². The molecule has 2 aromatic heterocycles. The van der Waals surface area contributed by atoms with E-state index in [1.54, 1.807) is 60.9 Å². The Hall–Kier alpha value is -5.22. The molecular weight excluding hydrogens is 695 g/mol. The van der Waals surface area contributed by atoms with Gasteiger partial charge in [-0.3, -0.25) is 19.3 Å². The third-order valence-corrected chi connectivity index (χ3v) is 9.72. The first-order chi connectivity index (χ1) is 24.4. The number of thiazole rings is 1. The third-order valence-electron chi connectivity index (χ3n) is 7.57.